The average Bonchev–Trinajstić information content (AvgIpc) is 2.50. The van der Waals surface area contributed by atoms with Crippen molar-refractivity contribution in [2.75, 3.05) is 0 Å². The summed E-state index contributed by atoms with van der Waals surface area (Å²) in [6.45, 7) is 6.53. The molecule has 0 saturated heterocycles. The molecule has 0 amide bonds. The Balaban J connectivity index is 0.000000359. The highest BCUT2D eigenvalue weighted by Gasteiger charge is 2.36. The van der Waals surface area contributed by atoms with Gasteiger partial charge in [-0.3, -0.25) is 0 Å². The van der Waals surface area contributed by atoms with Gasteiger partial charge in [-0.15, -0.1) is 0 Å². The first-order valence-electron chi connectivity index (χ1n) is 7.10. The third-order valence-electron chi connectivity index (χ3n) is 3.04. The predicted octanol–water partition coefficient (Wildman–Crippen LogP) is 0.663. The Morgan fingerprint density at radius 3 is 1.81 bits per heavy atom. The Morgan fingerprint density at radius 2 is 1.46 bits per heavy atom. The lowest BCUT2D eigenvalue weighted by molar-refractivity contribution is -0.598. The van der Waals surface area contributed by atoms with Crippen molar-refractivity contribution in [3.05, 3.63) is 65.8 Å². The smallest absolute Gasteiger partial charge is 0.485 e. The maximum Gasteiger partial charge on any atom is 0.485 e. The molecule has 0 heterocycles. The van der Waals surface area contributed by atoms with Gasteiger partial charge in [0, 0.05) is 11.1 Å². The van der Waals surface area contributed by atoms with Crippen molar-refractivity contribution in [1.29, 1.82) is 5.26 Å². The van der Waals surface area contributed by atoms with Gasteiger partial charge >= 0.3 is 26.7 Å². The van der Waals surface area contributed by atoms with E-state index in [4.69, 9.17) is 18.2 Å². The fraction of sp³-hybridized carbons (Fsp3) is 0.235. The molecule has 9 heteroatoms. The van der Waals surface area contributed by atoms with Crippen LogP contribution in [0.3, 0.4) is 0 Å². The van der Waals surface area contributed by atoms with Crippen molar-refractivity contribution < 1.29 is 47.3 Å². The van der Waals surface area contributed by atoms with E-state index in [1.54, 1.807) is 0 Å². The Morgan fingerprint density at radius 1 is 1.04 bits per heavy atom. The molecule has 0 radical (unpaired) electrons. The molecule has 140 valence electrons. The summed E-state index contributed by atoms with van der Waals surface area (Å²) in [6, 6.07) is 14.7. The van der Waals surface area contributed by atoms with Crippen molar-refractivity contribution in [3.63, 3.8) is 0 Å². The van der Waals surface area contributed by atoms with Crippen molar-refractivity contribution >= 4 is 10.1 Å². The summed E-state index contributed by atoms with van der Waals surface area (Å²) in [5.41, 5.74) is -0.792. The van der Waals surface area contributed by atoms with Crippen LogP contribution < -0.4 is 21.2 Å². The van der Waals surface area contributed by atoms with E-state index < -0.39 is 15.6 Å². The van der Waals surface area contributed by atoms with Gasteiger partial charge in [0.15, 0.2) is 17.3 Å². The maximum atomic E-state index is 10.7. The monoisotopic (exact) mass is 497 g/mol. The van der Waals surface area contributed by atoms with E-state index >= 15 is 0 Å². The summed E-state index contributed by atoms with van der Waals surface area (Å²) in [4.78, 5) is 0. The van der Waals surface area contributed by atoms with Crippen molar-refractivity contribution in [1.82, 2.24) is 0 Å². The zero-order valence-electron chi connectivity index (χ0n) is 14.1. The van der Waals surface area contributed by atoms with E-state index in [2.05, 4.69) is 51.1 Å². The van der Waals surface area contributed by atoms with Crippen molar-refractivity contribution in [2.24, 2.45) is 0 Å². The van der Waals surface area contributed by atoms with Crippen molar-refractivity contribution in [2.45, 2.75) is 26.3 Å². The van der Waals surface area contributed by atoms with Gasteiger partial charge in [-0.2, -0.15) is 18.4 Å². The Bertz CT molecular complexity index is 895. The minimum atomic E-state index is -6.09. The fourth-order valence-corrected chi connectivity index (χ4v) is 4.51. The number of aryl methyl sites for hydroxylation is 3. The first-order chi connectivity index (χ1) is 11.8. The lowest BCUT2D eigenvalue weighted by atomic mass is 10.1. The van der Waals surface area contributed by atoms with Crippen LogP contribution in [0.1, 0.15) is 22.3 Å². The molecule has 0 spiro atoms. The molecule has 0 saturated carbocycles. The Hall–Kier alpha value is -1.64. The predicted molar refractivity (Wildman–Crippen MR) is 85.0 cm³/mol. The van der Waals surface area contributed by atoms with Crippen LogP contribution in [0, 0.1) is 39.2 Å². The molecule has 2 aromatic rings. The summed E-state index contributed by atoms with van der Waals surface area (Å²) in [5.74, 6) is 0. The van der Waals surface area contributed by atoms with Gasteiger partial charge in [-0.25, -0.2) is 8.42 Å². The third kappa shape index (κ3) is 6.59. The van der Waals surface area contributed by atoms with E-state index in [1.165, 1.54) is 23.8 Å². The zero-order valence-corrected chi connectivity index (χ0v) is 17.0. The molecule has 2 rings (SSSR count). The standard InChI is InChI=1S/C16H15IN.CHF3O3S/c1-11-8-12(2)16(13(3)9-11)17-15-6-4-14(10-18)5-7-15;2-1(3,4)8(5,6)7/h4-9H,1-3H3;(H,5,6,7)/q+1;/p-1. The highest BCUT2D eigenvalue weighted by Crippen LogP contribution is 2.20. The molecule has 0 aliphatic carbocycles. The van der Waals surface area contributed by atoms with Crippen LogP contribution >= 0.6 is 0 Å². The molecule has 0 bridgehead atoms. The second-order valence-electron chi connectivity index (χ2n) is 5.33. The SMILES string of the molecule is Cc1cc(C)c([I+]c2ccc(C#N)cc2)c(C)c1.O=S(=O)([O-])C(F)(F)F. The number of nitriles is 1. The van der Waals surface area contributed by atoms with E-state index in [1.807, 2.05) is 12.1 Å². The minimum Gasteiger partial charge on any atom is -0.741 e. The lowest BCUT2D eigenvalue weighted by Gasteiger charge is -2.08. The van der Waals surface area contributed by atoms with Crippen molar-refractivity contribution in [3.8, 4) is 6.07 Å². The van der Waals surface area contributed by atoms with Gasteiger partial charge in [-0.05, 0) is 45.0 Å². The highest BCUT2D eigenvalue weighted by molar-refractivity contribution is 7.86. The number of halogens is 4. The second kappa shape index (κ2) is 8.83. The fourth-order valence-electron chi connectivity index (χ4n) is 2.01. The number of alkyl halides is 3. The minimum absolute atomic E-state index is 0.155. The number of nitrogens with zero attached hydrogens (tertiary/aromatic N) is 1. The summed E-state index contributed by atoms with van der Waals surface area (Å²) in [6.07, 6.45) is 0. The van der Waals surface area contributed by atoms with Gasteiger partial charge < -0.3 is 4.55 Å². The van der Waals surface area contributed by atoms with Crippen LogP contribution in [-0.4, -0.2) is 18.5 Å². The lowest BCUT2D eigenvalue weighted by Crippen LogP contribution is -3.62. The molecule has 0 fully saturated rings. The Kier molecular flexibility index (Phi) is 7.61. The maximum absolute atomic E-state index is 10.7. The normalized spacial score (nSPS) is 11.3. The van der Waals surface area contributed by atoms with Crippen LogP contribution in [0.2, 0.25) is 0 Å². The third-order valence-corrected chi connectivity index (χ3v) is 7.19. The second-order valence-corrected chi connectivity index (χ2v) is 9.56. The van der Waals surface area contributed by atoms with Crippen LogP contribution in [0.25, 0.3) is 0 Å². The van der Waals surface area contributed by atoms with Crippen LogP contribution in [0.4, 0.5) is 13.2 Å². The molecule has 0 aromatic heterocycles. The average molecular weight is 497 g/mol. The number of hydrogen-bond donors (Lipinski definition) is 0. The van der Waals surface area contributed by atoms with Crippen LogP contribution in [0.15, 0.2) is 36.4 Å². The summed E-state index contributed by atoms with van der Waals surface area (Å²) >= 11 is -0.155. The molecule has 0 unspecified atom stereocenters. The largest absolute Gasteiger partial charge is 0.741 e. The first-order valence-corrected chi connectivity index (χ1v) is 10.7. The van der Waals surface area contributed by atoms with Gasteiger partial charge in [0.05, 0.1) is 11.6 Å². The molecule has 0 aliphatic rings. The molecule has 26 heavy (non-hydrogen) atoms. The van der Waals surface area contributed by atoms with E-state index in [0.29, 0.717) is 0 Å². The van der Waals surface area contributed by atoms with Gasteiger partial charge in [0.2, 0.25) is 0 Å². The Labute approximate surface area is 160 Å². The summed E-state index contributed by atoms with van der Waals surface area (Å²) in [5, 5.41) is 8.80. The summed E-state index contributed by atoms with van der Waals surface area (Å²) in [7, 11) is -6.09. The first kappa shape index (κ1) is 22.4. The molecule has 0 aliphatic heterocycles. The molecule has 0 atom stereocenters. The van der Waals surface area contributed by atoms with E-state index in [9.17, 15) is 13.2 Å². The number of hydrogen-bond acceptors (Lipinski definition) is 4. The topological polar surface area (TPSA) is 81.0 Å². The van der Waals surface area contributed by atoms with Gasteiger partial charge in [0.1, 0.15) is 0 Å². The van der Waals surface area contributed by atoms with E-state index in [0.717, 1.165) is 5.56 Å². The van der Waals surface area contributed by atoms with Gasteiger partial charge in [-0.1, -0.05) is 17.7 Å². The molecule has 0 N–H and O–H groups in total. The molecular formula is C17H15F3INO3S. The van der Waals surface area contributed by atoms with E-state index in [-0.39, 0.29) is 21.2 Å². The van der Waals surface area contributed by atoms with Crippen LogP contribution in [0.5, 0.6) is 0 Å². The molecule has 4 nitrogen and oxygen atoms in total. The molecule has 2 aromatic carbocycles. The van der Waals surface area contributed by atoms with Gasteiger partial charge in [0.25, 0.3) is 0 Å². The number of rotatable bonds is 2. The molecular weight excluding hydrogens is 482 g/mol. The number of benzene rings is 2. The highest BCUT2D eigenvalue weighted by atomic mass is 127. The quantitative estimate of drug-likeness (QED) is 0.347. The van der Waals surface area contributed by atoms with Crippen LogP contribution in [-0.2, 0) is 10.1 Å². The zero-order chi connectivity index (χ0) is 20.1. The summed E-state index contributed by atoms with van der Waals surface area (Å²) < 4.78 is 61.8.